The van der Waals surface area contributed by atoms with Crippen molar-refractivity contribution in [3.05, 3.63) is 0 Å². The lowest BCUT2D eigenvalue weighted by molar-refractivity contribution is -0.161. The second-order valence-electron chi connectivity index (χ2n) is 32.1. The van der Waals surface area contributed by atoms with Crippen molar-refractivity contribution in [3.8, 4) is 0 Å². The SMILES string of the molecule is CCCCCCCCCCCCCCCCCCCC(=O)O[C@H](COC(=O)CCCCCCCCC(C)CC)COP(=O)(O)OC[C@H](O)COP(=O)(O)OC[C@@H](COC(=O)CCCCCCCCCCCCCCCCC(C)C)OC(=O)CCCCCCCCCCCCCCCCCCCCC(C)C. The Morgan fingerprint density at radius 1 is 0.276 bits per heavy atom. The Labute approximate surface area is 645 Å². The van der Waals surface area contributed by atoms with Crippen LogP contribution < -0.4 is 0 Å². The van der Waals surface area contributed by atoms with Crippen molar-refractivity contribution >= 4 is 39.5 Å². The number of hydrogen-bond acceptors (Lipinski definition) is 15. The molecule has 0 amide bonds. The number of rotatable bonds is 84. The molecule has 0 radical (unpaired) electrons. The van der Waals surface area contributed by atoms with Gasteiger partial charge in [-0.3, -0.25) is 37.3 Å². The van der Waals surface area contributed by atoms with E-state index in [0.29, 0.717) is 25.7 Å². The highest BCUT2D eigenvalue weighted by Crippen LogP contribution is 2.45. The predicted molar refractivity (Wildman–Crippen MR) is 432 cm³/mol. The van der Waals surface area contributed by atoms with Crippen LogP contribution in [0.4, 0.5) is 0 Å². The van der Waals surface area contributed by atoms with Gasteiger partial charge in [0.2, 0.25) is 0 Å². The molecular formula is C86H168O17P2. The summed E-state index contributed by atoms with van der Waals surface area (Å²) in [5.41, 5.74) is 0. The summed E-state index contributed by atoms with van der Waals surface area (Å²) >= 11 is 0. The van der Waals surface area contributed by atoms with Gasteiger partial charge in [-0.2, -0.15) is 0 Å². The third-order valence-electron chi connectivity index (χ3n) is 20.5. The number of aliphatic hydroxyl groups is 1. The van der Waals surface area contributed by atoms with Crippen molar-refractivity contribution in [1.29, 1.82) is 0 Å². The Bertz CT molecular complexity index is 2030. The second kappa shape index (κ2) is 76.1. The highest BCUT2D eigenvalue weighted by atomic mass is 31.2. The first-order valence-electron chi connectivity index (χ1n) is 44.4. The lowest BCUT2D eigenvalue weighted by Gasteiger charge is -2.21. The zero-order valence-electron chi connectivity index (χ0n) is 69.2. The molecule has 105 heavy (non-hydrogen) atoms. The number of carbonyl (C=O) groups is 4. The van der Waals surface area contributed by atoms with E-state index >= 15 is 0 Å². The minimum atomic E-state index is -4.97. The van der Waals surface area contributed by atoms with Gasteiger partial charge in [0.05, 0.1) is 26.4 Å². The summed E-state index contributed by atoms with van der Waals surface area (Å²) in [7, 11) is -9.93. The van der Waals surface area contributed by atoms with E-state index in [1.807, 2.05) is 0 Å². The van der Waals surface area contributed by atoms with Crippen LogP contribution in [-0.4, -0.2) is 96.7 Å². The van der Waals surface area contributed by atoms with E-state index in [0.717, 1.165) is 114 Å². The summed E-state index contributed by atoms with van der Waals surface area (Å²) in [5, 5.41) is 10.7. The summed E-state index contributed by atoms with van der Waals surface area (Å²) in [6, 6.07) is 0. The molecule has 0 saturated heterocycles. The number of carbonyl (C=O) groups excluding carboxylic acids is 4. The predicted octanol–water partition coefficient (Wildman–Crippen LogP) is 26.1. The lowest BCUT2D eigenvalue weighted by atomic mass is 10.00. The van der Waals surface area contributed by atoms with Gasteiger partial charge in [-0.05, 0) is 43.4 Å². The van der Waals surface area contributed by atoms with E-state index in [1.165, 1.54) is 257 Å². The van der Waals surface area contributed by atoms with Gasteiger partial charge in [0.15, 0.2) is 12.2 Å². The lowest BCUT2D eigenvalue weighted by Crippen LogP contribution is -2.30. The highest BCUT2D eigenvalue weighted by Gasteiger charge is 2.30. The number of esters is 4. The Balaban J connectivity index is 5.23. The number of unbranched alkanes of at least 4 members (excludes halogenated alkanes) is 51. The van der Waals surface area contributed by atoms with Gasteiger partial charge in [0, 0.05) is 25.7 Å². The van der Waals surface area contributed by atoms with Crippen LogP contribution in [0.5, 0.6) is 0 Å². The maximum atomic E-state index is 13.1. The van der Waals surface area contributed by atoms with Gasteiger partial charge in [-0.25, -0.2) is 9.13 Å². The fraction of sp³-hybridized carbons (Fsp3) is 0.953. The molecule has 19 heteroatoms. The summed E-state index contributed by atoms with van der Waals surface area (Å²) in [6.07, 6.45) is 66.7. The molecular weight excluding hydrogens is 1370 g/mol. The molecule has 0 spiro atoms. The van der Waals surface area contributed by atoms with Gasteiger partial charge in [0.1, 0.15) is 19.3 Å². The number of aliphatic hydroxyl groups excluding tert-OH is 1. The summed E-state index contributed by atoms with van der Waals surface area (Å²) in [4.78, 5) is 73.2. The van der Waals surface area contributed by atoms with Crippen molar-refractivity contribution in [2.45, 2.75) is 471 Å². The third-order valence-corrected chi connectivity index (χ3v) is 22.4. The Hall–Kier alpha value is -1.94. The summed E-state index contributed by atoms with van der Waals surface area (Å²) < 4.78 is 68.9. The molecule has 624 valence electrons. The van der Waals surface area contributed by atoms with Crippen LogP contribution in [0.2, 0.25) is 0 Å². The number of phosphoric ester groups is 2. The fourth-order valence-corrected chi connectivity index (χ4v) is 14.9. The van der Waals surface area contributed by atoms with E-state index in [2.05, 4.69) is 48.5 Å². The van der Waals surface area contributed by atoms with E-state index < -0.39 is 97.5 Å². The zero-order chi connectivity index (χ0) is 77.2. The van der Waals surface area contributed by atoms with Gasteiger partial charge in [0.25, 0.3) is 0 Å². The first kappa shape index (κ1) is 103. The van der Waals surface area contributed by atoms with Gasteiger partial charge in [-0.1, -0.05) is 402 Å². The van der Waals surface area contributed by atoms with Crippen molar-refractivity contribution in [1.82, 2.24) is 0 Å². The summed E-state index contributed by atoms with van der Waals surface area (Å²) in [6.45, 7) is 12.0. The highest BCUT2D eigenvalue weighted by molar-refractivity contribution is 7.47. The Kier molecular flexibility index (Phi) is 74.7. The fourth-order valence-electron chi connectivity index (χ4n) is 13.3. The van der Waals surface area contributed by atoms with E-state index in [9.17, 15) is 43.2 Å². The molecule has 0 aliphatic heterocycles. The van der Waals surface area contributed by atoms with Crippen molar-refractivity contribution in [2.24, 2.45) is 17.8 Å². The van der Waals surface area contributed by atoms with E-state index in [1.54, 1.807) is 0 Å². The third kappa shape index (κ3) is 78.5. The van der Waals surface area contributed by atoms with Gasteiger partial charge < -0.3 is 33.8 Å². The van der Waals surface area contributed by atoms with Crippen molar-refractivity contribution < 1.29 is 80.2 Å². The summed E-state index contributed by atoms with van der Waals surface area (Å²) in [5.74, 6) is 0.245. The first-order valence-corrected chi connectivity index (χ1v) is 47.4. The molecule has 0 bridgehead atoms. The second-order valence-corrected chi connectivity index (χ2v) is 35.0. The van der Waals surface area contributed by atoms with Crippen LogP contribution in [0.25, 0.3) is 0 Å². The average molecular weight is 1540 g/mol. The molecule has 0 aromatic heterocycles. The Morgan fingerprint density at radius 3 is 0.724 bits per heavy atom. The maximum absolute atomic E-state index is 13.1. The monoisotopic (exact) mass is 1540 g/mol. The average Bonchev–Trinajstić information content (AvgIpc) is 0.910. The maximum Gasteiger partial charge on any atom is 0.472 e. The van der Waals surface area contributed by atoms with Crippen molar-refractivity contribution in [3.63, 3.8) is 0 Å². The van der Waals surface area contributed by atoms with Crippen LogP contribution in [0.3, 0.4) is 0 Å². The topological polar surface area (TPSA) is 237 Å². The number of ether oxygens (including phenoxy) is 4. The minimum absolute atomic E-state index is 0.108. The smallest absolute Gasteiger partial charge is 0.462 e. The first-order chi connectivity index (χ1) is 50.8. The minimum Gasteiger partial charge on any atom is -0.462 e. The molecule has 0 fully saturated rings. The molecule has 0 aromatic carbocycles. The standard InChI is InChI=1S/C86H168O17P2/c1-8-10-11-12-13-14-15-16-17-20-24-31-36-41-46-55-63-70-86(91)103-82(74-97-84(89)68-61-54-49-48-52-59-66-79(7)9-2)76-101-105(94,95)99-72-80(87)71-98-104(92,93)100-75-81(73-96-83(88)67-60-53-45-40-35-30-27-26-29-34-39-44-51-58-65-78(5)6)102-85(90)69-62-56-47-42-37-32-25-22-19-18-21-23-28-33-38-43-50-57-64-77(3)4/h77-82,87H,8-76H2,1-7H3,(H,92,93)(H,94,95)/t79?,80-,81-,82-/m1/s1. The van der Waals surface area contributed by atoms with Crippen LogP contribution in [0, 0.1) is 17.8 Å². The molecule has 17 nitrogen and oxygen atoms in total. The van der Waals surface area contributed by atoms with Crippen LogP contribution in [0.15, 0.2) is 0 Å². The Morgan fingerprint density at radius 2 is 0.486 bits per heavy atom. The molecule has 0 aliphatic rings. The number of phosphoric acid groups is 2. The molecule has 3 unspecified atom stereocenters. The zero-order valence-corrected chi connectivity index (χ0v) is 71.0. The molecule has 0 rings (SSSR count). The van der Waals surface area contributed by atoms with Crippen LogP contribution in [0.1, 0.15) is 453 Å². The number of hydrogen-bond donors (Lipinski definition) is 3. The molecule has 6 atom stereocenters. The molecule has 0 aliphatic carbocycles. The van der Waals surface area contributed by atoms with E-state index in [4.69, 9.17) is 37.0 Å². The van der Waals surface area contributed by atoms with E-state index in [-0.39, 0.29) is 25.7 Å². The van der Waals surface area contributed by atoms with Gasteiger partial charge in [-0.15, -0.1) is 0 Å². The quantitative estimate of drug-likeness (QED) is 0.0222. The largest absolute Gasteiger partial charge is 0.472 e. The van der Waals surface area contributed by atoms with Crippen molar-refractivity contribution in [2.75, 3.05) is 39.6 Å². The molecule has 3 N–H and O–H groups in total. The molecule has 0 aromatic rings. The normalized spacial score (nSPS) is 14.1. The van der Waals surface area contributed by atoms with Gasteiger partial charge >= 0.3 is 39.5 Å². The molecule has 0 heterocycles. The molecule has 0 saturated carbocycles. The van der Waals surface area contributed by atoms with Crippen LogP contribution in [-0.2, 0) is 65.4 Å². The van der Waals surface area contributed by atoms with Crippen LogP contribution >= 0.6 is 15.6 Å².